The lowest BCUT2D eigenvalue weighted by molar-refractivity contribution is 0.0924. The van der Waals surface area contributed by atoms with Gasteiger partial charge in [0.1, 0.15) is 5.75 Å². The van der Waals surface area contributed by atoms with Gasteiger partial charge in [0, 0.05) is 17.5 Å². The summed E-state index contributed by atoms with van der Waals surface area (Å²) in [5.41, 5.74) is 4.10. The second kappa shape index (κ2) is 5.60. The van der Waals surface area contributed by atoms with Gasteiger partial charge < -0.3 is 10.1 Å². The fourth-order valence-electron chi connectivity index (χ4n) is 2.62. The van der Waals surface area contributed by atoms with Crippen LogP contribution in [-0.2, 0) is 0 Å². The van der Waals surface area contributed by atoms with Crippen molar-refractivity contribution >= 4 is 5.91 Å². The van der Waals surface area contributed by atoms with E-state index in [1.165, 1.54) is 5.56 Å². The Labute approximate surface area is 124 Å². The first kappa shape index (κ1) is 13.7. The lowest BCUT2D eigenvalue weighted by Gasteiger charge is -2.26. The minimum atomic E-state index is -0.0280. The predicted octanol–water partition coefficient (Wildman–Crippen LogP) is 3.56. The van der Waals surface area contributed by atoms with E-state index in [1.54, 1.807) is 0 Å². The average Bonchev–Trinajstić information content (AvgIpc) is 2.50. The topological polar surface area (TPSA) is 38.3 Å². The molecular formula is C18H19NO2. The Morgan fingerprint density at radius 1 is 1.14 bits per heavy atom. The molecule has 21 heavy (non-hydrogen) atoms. The lowest BCUT2D eigenvalue weighted by atomic mass is 9.99. The molecule has 0 radical (unpaired) electrons. The maximum atomic E-state index is 12.4. The highest BCUT2D eigenvalue weighted by atomic mass is 16.5. The van der Waals surface area contributed by atoms with Crippen molar-refractivity contribution in [1.29, 1.82) is 0 Å². The maximum absolute atomic E-state index is 12.4. The van der Waals surface area contributed by atoms with Gasteiger partial charge in [-0.15, -0.1) is 0 Å². The van der Waals surface area contributed by atoms with Crippen LogP contribution in [0.3, 0.4) is 0 Å². The fourth-order valence-corrected chi connectivity index (χ4v) is 2.62. The molecule has 3 heteroatoms. The third-order valence-corrected chi connectivity index (χ3v) is 4.03. The SMILES string of the molecule is Cc1ccc(C(=O)N[C@@H]2CCOc3ccccc32)cc1C. The van der Waals surface area contributed by atoms with Crippen LogP contribution in [0.1, 0.15) is 39.5 Å². The molecular weight excluding hydrogens is 262 g/mol. The zero-order chi connectivity index (χ0) is 14.8. The normalized spacial score (nSPS) is 16.8. The monoisotopic (exact) mass is 281 g/mol. The summed E-state index contributed by atoms with van der Waals surface area (Å²) >= 11 is 0. The molecule has 1 amide bonds. The number of fused-ring (bicyclic) bond motifs is 1. The number of carbonyl (C=O) groups excluding carboxylic acids is 1. The Bertz CT molecular complexity index is 679. The first-order valence-corrected chi connectivity index (χ1v) is 7.25. The summed E-state index contributed by atoms with van der Waals surface area (Å²) in [5.74, 6) is 0.842. The minimum absolute atomic E-state index is 0.0176. The Hall–Kier alpha value is -2.29. The summed E-state index contributed by atoms with van der Waals surface area (Å²) in [6.45, 7) is 4.70. The molecule has 108 valence electrons. The number of aryl methyl sites for hydroxylation is 2. The van der Waals surface area contributed by atoms with Crippen LogP contribution in [0.5, 0.6) is 5.75 Å². The van der Waals surface area contributed by atoms with Crippen LogP contribution in [0.4, 0.5) is 0 Å². The number of benzene rings is 2. The van der Waals surface area contributed by atoms with Gasteiger partial charge in [-0.3, -0.25) is 4.79 Å². The van der Waals surface area contributed by atoms with E-state index >= 15 is 0 Å². The van der Waals surface area contributed by atoms with Crippen LogP contribution in [0, 0.1) is 13.8 Å². The van der Waals surface area contributed by atoms with Gasteiger partial charge in [0.25, 0.3) is 5.91 Å². The summed E-state index contributed by atoms with van der Waals surface area (Å²) in [5, 5.41) is 3.12. The second-order valence-electron chi connectivity index (χ2n) is 5.50. The number of amides is 1. The molecule has 0 saturated heterocycles. The van der Waals surface area contributed by atoms with Crippen molar-refractivity contribution in [1.82, 2.24) is 5.32 Å². The molecule has 1 heterocycles. The van der Waals surface area contributed by atoms with Crippen LogP contribution in [-0.4, -0.2) is 12.5 Å². The van der Waals surface area contributed by atoms with Gasteiger partial charge >= 0.3 is 0 Å². The number of rotatable bonds is 2. The molecule has 1 N–H and O–H groups in total. The molecule has 0 fully saturated rings. The Balaban J connectivity index is 1.81. The Morgan fingerprint density at radius 3 is 2.76 bits per heavy atom. The number of carbonyl (C=O) groups is 1. The van der Waals surface area contributed by atoms with Crippen molar-refractivity contribution in [3.05, 3.63) is 64.7 Å². The van der Waals surface area contributed by atoms with E-state index in [-0.39, 0.29) is 11.9 Å². The third kappa shape index (κ3) is 2.77. The summed E-state index contributed by atoms with van der Waals surface area (Å²) in [6.07, 6.45) is 0.799. The predicted molar refractivity (Wildman–Crippen MR) is 82.7 cm³/mol. The van der Waals surface area contributed by atoms with E-state index in [1.807, 2.05) is 56.3 Å². The smallest absolute Gasteiger partial charge is 0.251 e. The van der Waals surface area contributed by atoms with E-state index in [2.05, 4.69) is 5.32 Å². The quantitative estimate of drug-likeness (QED) is 0.914. The fraction of sp³-hybridized carbons (Fsp3) is 0.278. The molecule has 3 nitrogen and oxygen atoms in total. The highest BCUT2D eigenvalue weighted by Gasteiger charge is 2.23. The Kier molecular flexibility index (Phi) is 3.65. The number of hydrogen-bond acceptors (Lipinski definition) is 2. The molecule has 1 aliphatic heterocycles. The zero-order valence-electron chi connectivity index (χ0n) is 12.3. The zero-order valence-corrected chi connectivity index (χ0v) is 12.3. The standard InChI is InChI=1S/C18H19NO2/c1-12-7-8-14(11-13(12)2)18(20)19-16-9-10-21-17-6-4-3-5-15(16)17/h3-8,11,16H,9-10H2,1-2H3,(H,19,20)/t16-/m1/s1. The highest BCUT2D eigenvalue weighted by Crippen LogP contribution is 2.31. The van der Waals surface area contributed by atoms with Crippen LogP contribution in [0.2, 0.25) is 0 Å². The first-order chi connectivity index (χ1) is 10.1. The first-order valence-electron chi connectivity index (χ1n) is 7.25. The molecule has 0 aliphatic carbocycles. The molecule has 1 atom stereocenters. The van der Waals surface area contributed by atoms with Crippen LogP contribution in [0.25, 0.3) is 0 Å². The van der Waals surface area contributed by atoms with E-state index in [9.17, 15) is 4.79 Å². The van der Waals surface area contributed by atoms with Gasteiger partial charge in [-0.05, 0) is 43.2 Å². The van der Waals surface area contributed by atoms with E-state index in [0.29, 0.717) is 12.2 Å². The summed E-state index contributed by atoms with van der Waals surface area (Å²) in [7, 11) is 0. The van der Waals surface area contributed by atoms with E-state index in [0.717, 1.165) is 23.3 Å². The number of para-hydroxylation sites is 1. The Morgan fingerprint density at radius 2 is 1.95 bits per heavy atom. The largest absolute Gasteiger partial charge is 0.493 e. The van der Waals surface area contributed by atoms with Gasteiger partial charge in [-0.1, -0.05) is 24.3 Å². The summed E-state index contributed by atoms with van der Waals surface area (Å²) in [6, 6.07) is 13.7. The third-order valence-electron chi connectivity index (χ3n) is 4.03. The number of nitrogens with one attached hydrogen (secondary N) is 1. The van der Waals surface area contributed by atoms with Gasteiger partial charge in [0.05, 0.1) is 12.6 Å². The van der Waals surface area contributed by atoms with Crippen molar-refractivity contribution in [2.45, 2.75) is 26.3 Å². The van der Waals surface area contributed by atoms with E-state index in [4.69, 9.17) is 4.74 Å². The molecule has 3 rings (SSSR count). The van der Waals surface area contributed by atoms with Gasteiger partial charge in [-0.25, -0.2) is 0 Å². The van der Waals surface area contributed by atoms with E-state index < -0.39 is 0 Å². The van der Waals surface area contributed by atoms with Gasteiger partial charge in [-0.2, -0.15) is 0 Å². The number of hydrogen-bond donors (Lipinski definition) is 1. The van der Waals surface area contributed by atoms with Crippen molar-refractivity contribution in [2.75, 3.05) is 6.61 Å². The lowest BCUT2D eigenvalue weighted by Crippen LogP contribution is -2.32. The van der Waals surface area contributed by atoms with Gasteiger partial charge in [0.15, 0.2) is 0 Å². The second-order valence-corrected chi connectivity index (χ2v) is 5.50. The molecule has 1 aliphatic rings. The van der Waals surface area contributed by atoms with Gasteiger partial charge in [0.2, 0.25) is 0 Å². The van der Waals surface area contributed by atoms with Crippen molar-refractivity contribution in [3.63, 3.8) is 0 Å². The molecule has 0 spiro atoms. The molecule has 0 bridgehead atoms. The molecule has 0 saturated carbocycles. The molecule has 0 unspecified atom stereocenters. The summed E-state index contributed by atoms with van der Waals surface area (Å²) < 4.78 is 5.62. The molecule has 2 aromatic carbocycles. The van der Waals surface area contributed by atoms with Crippen LogP contribution >= 0.6 is 0 Å². The molecule has 0 aromatic heterocycles. The summed E-state index contributed by atoms with van der Waals surface area (Å²) in [4.78, 5) is 12.4. The van der Waals surface area contributed by atoms with Crippen molar-refractivity contribution < 1.29 is 9.53 Å². The molecule has 2 aromatic rings. The average molecular weight is 281 g/mol. The maximum Gasteiger partial charge on any atom is 0.251 e. The van der Waals surface area contributed by atoms with Crippen LogP contribution in [0.15, 0.2) is 42.5 Å². The highest BCUT2D eigenvalue weighted by molar-refractivity contribution is 5.94. The minimum Gasteiger partial charge on any atom is -0.493 e. The number of ether oxygens (including phenoxy) is 1. The van der Waals surface area contributed by atoms with Crippen molar-refractivity contribution in [2.24, 2.45) is 0 Å². The van der Waals surface area contributed by atoms with Crippen LogP contribution < -0.4 is 10.1 Å². The van der Waals surface area contributed by atoms with Crippen molar-refractivity contribution in [3.8, 4) is 5.75 Å².